The minimum absolute atomic E-state index is 0. The summed E-state index contributed by atoms with van der Waals surface area (Å²) < 4.78 is 0. The van der Waals surface area contributed by atoms with Gasteiger partial charge in [0.1, 0.15) is 0 Å². The fraction of sp³-hybridized carbons (Fsp3) is 0. The van der Waals surface area contributed by atoms with Gasteiger partial charge in [-0.3, -0.25) is 0 Å². The van der Waals surface area contributed by atoms with Crippen LogP contribution in [-0.4, -0.2) is 69.7 Å². The summed E-state index contributed by atoms with van der Waals surface area (Å²) in [6, 6.07) is 0. The van der Waals surface area contributed by atoms with Gasteiger partial charge in [0.25, 0.3) is 0 Å². The van der Waals surface area contributed by atoms with Crippen LogP contribution in [0.5, 0.6) is 0 Å². The molecule has 0 atom stereocenters. The first kappa shape index (κ1) is 29.1. The third-order valence-corrected chi connectivity index (χ3v) is 0. The average Bonchev–Trinajstić information content (AvgIpc) is 0. The van der Waals surface area contributed by atoms with E-state index < -0.39 is 0 Å². The fourth-order valence-electron chi connectivity index (χ4n) is 0. The molecule has 0 fully saturated rings. The van der Waals surface area contributed by atoms with E-state index in [9.17, 15) is 0 Å². The standard InChI is InChI=1S/As.Cu.Pb.Sb. The van der Waals surface area contributed by atoms with E-state index in [1.165, 1.54) is 0 Å². The van der Waals surface area contributed by atoms with Crippen LogP contribution in [0.4, 0.5) is 0 Å². The summed E-state index contributed by atoms with van der Waals surface area (Å²) in [5.74, 6) is 0. The summed E-state index contributed by atoms with van der Waals surface area (Å²) in [6.07, 6.45) is 0. The second-order valence-electron chi connectivity index (χ2n) is 0. The Bertz CT molecular complexity index is 8.00. The van der Waals surface area contributed by atoms with Crippen molar-refractivity contribution in [2.75, 3.05) is 0 Å². The molecule has 0 aliphatic carbocycles. The number of rotatable bonds is 0. The van der Waals surface area contributed by atoms with Crippen molar-refractivity contribution < 1.29 is 17.1 Å². The molecule has 4 heavy (non-hydrogen) atoms. The molecule has 0 saturated carbocycles. The third kappa shape index (κ3) is 8.84. The molecule has 25 valence electrons. The SMILES string of the molecule is [As].[Cu].[Pb].[Sb]. The van der Waals surface area contributed by atoms with E-state index in [2.05, 4.69) is 0 Å². The summed E-state index contributed by atoms with van der Waals surface area (Å²) in [6.45, 7) is 0. The van der Waals surface area contributed by atoms with Gasteiger partial charge in [-0.05, 0) is 0 Å². The van der Waals surface area contributed by atoms with Crippen molar-refractivity contribution in [2.24, 2.45) is 0 Å². The van der Waals surface area contributed by atoms with Gasteiger partial charge in [-0.2, -0.15) is 0 Å². The van der Waals surface area contributed by atoms with Crippen molar-refractivity contribution in [1.82, 2.24) is 0 Å². The molecule has 11 radical (unpaired) electrons. The summed E-state index contributed by atoms with van der Waals surface area (Å²) in [5, 5.41) is 0. The molecule has 0 spiro atoms. The Labute approximate surface area is 85.3 Å². The average molecular weight is 467 g/mol. The van der Waals surface area contributed by atoms with Gasteiger partial charge in [-0.15, -0.1) is 0 Å². The summed E-state index contributed by atoms with van der Waals surface area (Å²) in [4.78, 5) is 0. The van der Waals surface area contributed by atoms with Crippen LogP contribution < -0.4 is 0 Å². The van der Waals surface area contributed by atoms with Crippen LogP contribution in [0.1, 0.15) is 0 Å². The van der Waals surface area contributed by atoms with E-state index in [1.807, 2.05) is 0 Å². The molecule has 0 N–H and O–H groups in total. The van der Waals surface area contributed by atoms with Crippen molar-refractivity contribution in [3.63, 3.8) is 0 Å². The molecule has 0 bridgehead atoms. The van der Waals surface area contributed by atoms with E-state index >= 15 is 0 Å². The molecule has 0 nitrogen and oxygen atoms in total. The number of hydrogen-bond donors (Lipinski definition) is 0. The van der Waals surface area contributed by atoms with Crippen molar-refractivity contribution in [2.45, 2.75) is 0 Å². The van der Waals surface area contributed by atoms with E-state index in [0.29, 0.717) is 0 Å². The predicted octanol–water partition coefficient (Wildman–Crippen LogP) is -1.14. The van der Waals surface area contributed by atoms with Crippen LogP contribution in [0.3, 0.4) is 0 Å². The molecular formula is AsCuPbSb. The van der Waals surface area contributed by atoms with E-state index in [0.717, 1.165) is 0 Å². The minimum Gasteiger partial charge on any atom is 0 e. The van der Waals surface area contributed by atoms with Crippen LogP contribution in [-0.2, 0) is 17.1 Å². The molecule has 0 rings (SSSR count). The van der Waals surface area contributed by atoms with Crippen LogP contribution in [0, 0.1) is 0 Å². The first-order chi connectivity index (χ1) is 0. The van der Waals surface area contributed by atoms with Gasteiger partial charge in [0.15, 0.2) is 0 Å². The van der Waals surface area contributed by atoms with Crippen LogP contribution in [0.15, 0.2) is 0 Å². The van der Waals surface area contributed by atoms with Gasteiger partial charge >= 0.3 is 0 Å². The van der Waals surface area contributed by atoms with Crippen molar-refractivity contribution in [1.29, 1.82) is 0 Å². The Balaban J connectivity index is 0. The Kier molecular flexibility index (Phi) is 124. The maximum atomic E-state index is 0. The summed E-state index contributed by atoms with van der Waals surface area (Å²) in [7, 11) is 0. The van der Waals surface area contributed by atoms with Gasteiger partial charge in [-0.25, -0.2) is 0 Å². The molecular weight excluding hydrogens is 467 g/mol. The van der Waals surface area contributed by atoms with Crippen molar-refractivity contribution >= 4 is 69.7 Å². The maximum Gasteiger partial charge on any atom is 0 e. The molecule has 0 aromatic rings. The zero-order chi connectivity index (χ0) is 0. The minimum atomic E-state index is 0. The van der Waals surface area contributed by atoms with E-state index in [4.69, 9.17) is 0 Å². The van der Waals surface area contributed by atoms with Gasteiger partial charge < -0.3 is 0 Å². The number of hydrogen-bond acceptors (Lipinski definition) is 0. The van der Waals surface area contributed by atoms with Crippen molar-refractivity contribution in [3.8, 4) is 0 Å². The topological polar surface area (TPSA) is 0 Å². The predicted molar refractivity (Wildman–Crippen MR) is 17.3 cm³/mol. The third-order valence-electron chi connectivity index (χ3n) is 0. The van der Waals surface area contributed by atoms with Gasteiger partial charge in [-0.1, -0.05) is 0 Å². The Morgan fingerprint density at radius 2 is 1.00 bits per heavy atom. The smallest absolute Gasteiger partial charge is 0 e. The zero-order valence-electron chi connectivity index (χ0n) is 1.70. The molecule has 0 aliphatic heterocycles. The Morgan fingerprint density at radius 3 is 1.00 bits per heavy atom. The largest absolute Gasteiger partial charge is 0 e. The van der Waals surface area contributed by atoms with Crippen LogP contribution >= 0.6 is 0 Å². The second kappa shape index (κ2) is 17.0. The molecule has 0 aromatic heterocycles. The van der Waals surface area contributed by atoms with E-state index in [1.54, 1.807) is 0 Å². The summed E-state index contributed by atoms with van der Waals surface area (Å²) in [5.41, 5.74) is 0. The van der Waals surface area contributed by atoms with Gasteiger partial charge in [0.2, 0.25) is 0 Å². The summed E-state index contributed by atoms with van der Waals surface area (Å²) >= 11 is 0. The Morgan fingerprint density at radius 1 is 1.00 bits per heavy atom. The molecule has 0 heterocycles. The first-order valence-corrected chi connectivity index (χ1v) is 0. The molecule has 0 unspecified atom stereocenters. The maximum absolute atomic E-state index is 0. The van der Waals surface area contributed by atoms with Gasteiger partial charge in [0.05, 0.1) is 0 Å². The quantitative estimate of drug-likeness (QED) is 0.395. The first-order valence-electron chi connectivity index (χ1n) is 0. The molecule has 0 aliphatic rings. The molecule has 0 aromatic carbocycles. The second-order valence-corrected chi connectivity index (χ2v) is 0. The van der Waals surface area contributed by atoms with Crippen molar-refractivity contribution in [3.05, 3.63) is 0 Å². The van der Waals surface area contributed by atoms with Crippen LogP contribution in [0.25, 0.3) is 0 Å². The molecule has 4 heteroatoms. The monoisotopic (exact) mass is 467 g/mol. The van der Waals surface area contributed by atoms with E-state index in [-0.39, 0.29) is 86.7 Å². The molecule has 0 amide bonds. The van der Waals surface area contributed by atoms with Gasteiger partial charge in [0, 0.05) is 86.7 Å². The molecule has 0 saturated heterocycles. The fourth-order valence-corrected chi connectivity index (χ4v) is 0. The Hall–Kier alpha value is 2.82. The normalized spacial score (nSPS) is 0. The van der Waals surface area contributed by atoms with Crippen LogP contribution in [0.2, 0.25) is 0 Å². The zero-order valence-corrected chi connectivity index (χ0v) is 11.0.